The standard InChI is InChI=1S/C26H28F2N4O3/c1-15-12-21(16(2)29-13-15)18-4-6-20(7-5-18)30-25(34)23(19-8-10-26(27,28)11-9-19)31-24(33)22-14-35-32-17(22)3/h4-7,12-14,19,23H,8-11H2,1-3H3,(H,30,34)(H,31,33). The monoisotopic (exact) mass is 482 g/mol. The second-order valence-electron chi connectivity index (χ2n) is 9.17. The minimum absolute atomic E-state index is 0.132. The van der Waals surface area contributed by atoms with E-state index in [9.17, 15) is 18.4 Å². The van der Waals surface area contributed by atoms with Gasteiger partial charge in [-0.25, -0.2) is 8.78 Å². The highest BCUT2D eigenvalue weighted by atomic mass is 19.3. The Hall–Kier alpha value is -3.62. The molecule has 0 radical (unpaired) electrons. The molecule has 0 bridgehead atoms. The maximum atomic E-state index is 13.7. The number of aromatic nitrogens is 2. The average Bonchev–Trinajstić information content (AvgIpc) is 3.26. The number of pyridine rings is 1. The topological polar surface area (TPSA) is 97.1 Å². The number of alkyl halides is 2. The first-order chi connectivity index (χ1) is 16.6. The van der Waals surface area contributed by atoms with Crippen molar-refractivity contribution >= 4 is 17.5 Å². The molecule has 0 spiro atoms. The van der Waals surface area contributed by atoms with E-state index in [-0.39, 0.29) is 31.2 Å². The van der Waals surface area contributed by atoms with Crippen molar-refractivity contribution in [3.8, 4) is 11.1 Å². The van der Waals surface area contributed by atoms with Crippen molar-refractivity contribution in [1.29, 1.82) is 0 Å². The summed E-state index contributed by atoms with van der Waals surface area (Å²) in [5.41, 5.74) is 5.03. The second-order valence-corrected chi connectivity index (χ2v) is 9.17. The van der Waals surface area contributed by atoms with E-state index in [4.69, 9.17) is 4.52 Å². The first-order valence-electron chi connectivity index (χ1n) is 11.6. The number of anilines is 1. The molecule has 1 aromatic carbocycles. The summed E-state index contributed by atoms with van der Waals surface area (Å²) in [4.78, 5) is 30.4. The van der Waals surface area contributed by atoms with Crippen LogP contribution in [0.1, 0.15) is 53.0 Å². The van der Waals surface area contributed by atoms with Gasteiger partial charge < -0.3 is 15.2 Å². The van der Waals surface area contributed by atoms with Crippen LogP contribution in [0.2, 0.25) is 0 Å². The summed E-state index contributed by atoms with van der Waals surface area (Å²) >= 11 is 0. The van der Waals surface area contributed by atoms with Crippen LogP contribution in [0.15, 0.2) is 47.3 Å². The molecule has 2 heterocycles. The number of carbonyl (C=O) groups is 2. The molecule has 9 heteroatoms. The molecule has 1 atom stereocenters. The van der Waals surface area contributed by atoms with Crippen molar-refractivity contribution in [3.05, 3.63) is 65.3 Å². The van der Waals surface area contributed by atoms with Gasteiger partial charge >= 0.3 is 0 Å². The molecule has 0 saturated heterocycles. The summed E-state index contributed by atoms with van der Waals surface area (Å²) in [5, 5.41) is 9.25. The van der Waals surface area contributed by atoms with Crippen LogP contribution >= 0.6 is 0 Å². The number of carbonyl (C=O) groups excluding carboxylic acids is 2. The van der Waals surface area contributed by atoms with Gasteiger partial charge in [-0.3, -0.25) is 14.6 Å². The Bertz CT molecular complexity index is 1210. The molecule has 0 aliphatic heterocycles. The molecule has 1 fully saturated rings. The Labute approximate surface area is 202 Å². The van der Waals surface area contributed by atoms with Crippen molar-refractivity contribution in [1.82, 2.24) is 15.5 Å². The van der Waals surface area contributed by atoms with Crippen LogP contribution in [0, 0.1) is 26.7 Å². The fourth-order valence-corrected chi connectivity index (χ4v) is 4.41. The number of nitrogens with zero attached hydrogens (tertiary/aromatic N) is 2. The second kappa shape index (κ2) is 9.93. The predicted octanol–water partition coefficient (Wildman–Crippen LogP) is 5.22. The zero-order valence-electron chi connectivity index (χ0n) is 19.9. The third kappa shape index (κ3) is 5.72. The van der Waals surface area contributed by atoms with Crippen LogP contribution in [0.5, 0.6) is 0 Å². The molecule has 2 N–H and O–H groups in total. The molecular formula is C26H28F2N4O3. The smallest absolute Gasteiger partial charge is 0.257 e. The molecule has 1 aliphatic rings. The summed E-state index contributed by atoms with van der Waals surface area (Å²) in [6.45, 7) is 5.52. The Morgan fingerprint density at radius 3 is 2.40 bits per heavy atom. The minimum Gasteiger partial charge on any atom is -0.364 e. The van der Waals surface area contributed by atoms with Gasteiger partial charge in [0, 0.05) is 36.0 Å². The highest BCUT2D eigenvalue weighted by Gasteiger charge is 2.40. The van der Waals surface area contributed by atoms with E-state index in [1.807, 2.05) is 38.2 Å². The lowest BCUT2D eigenvalue weighted by Gasteiger charge is -2.33. The zero-order valence-corrected chi connectivity index (χ0v) is 19.9. The molecule has 1 unspecified atom stereocenters. The lowest BCUT2D eigenvalue weighted by molar-refractivity contribution is -0.121. The highest BCUT2D eigenvalue weighted by molar-refractivity contribution is 6.01. The molecule has 184 valence electrons. The minimum atomic E-state index is -2.74. The van der Waals surface area contributed by atoms with Crippen LogP contribution in [0.3, 0.4) is 0 Å². The maximum absolute atomic E-state index is 13.7. The van der Waals surface area contributed by atoms with E-state index in [1.54, 1.807) is 19.1 Å². The van der Waals surface area contributed by atoms with Crippen LogP contribution < -0.4 is 10.6 Å². The third-order valence-corrected chi connectivity index (χ3v) is 6.48. The molecule has 35 heavy (non-hydrogen) atoms. The zero-order chi connectivity index (χ0) is 25.2. The van der Waals surface area contributed by atoms with E-state index >= 15 is 0 Å². The molecule has 2 amide bonds. The van der Waals surface area contributed by atoms with Gasteiger partial charge in [-0.05, 0) is 68.9 Å². The summed E-state index contributed by atoms with van der Waals surface area (Å²) in [6, 6.07) is 8.38. The van der Waals surface area contributed by atoms with E-state index < -0.39 is 29.7 Å². The van der Waals surface area contributed by atoms with Crippen molar-refractivity contribution < 1.29 is 22.9 Å². The normalized spacial score (nSPS) is 16.5. The van der Waals surface area contributed by atoms with E-state index in [2.05, 4.69) is 20.8 Å². The van der Waals surface area contributed by atoms with Gasteiger partial charge in [0.2, 0.25) is 11.8 Å². The van der Waals surface area contributed by atoms with Gasteiger partial charge in [-0.1, -0.05) is 17.3 Å². The number of hydrogen-bond donors (Lipinski definition) is 2. The first-order valence-corrected chi connectivity index (χ1v) is 11.6. The molecule has 1 saturated carbocycles. The number of amides is 2. The fraction of sp³-hybridized carbons (Fsp3) is 0.385. The number of halogens is 2. The molecule has 1 aliphatic carbocycles. The van der Waals surface area contributed by atoms with Gasteiger partial charge in [0.1, 0.15) is 17.9 Å². The maximum Gasteiger partial charge on any atom is 0.257 e. The van der Waals surface area contributed by atoms with Gasteiger partial charge in [0.05, 0.1) is 5.69 Å². The number of benzene rings is 1. The first kappa shape index (κ1) is 24.5. The Morgan fingerprint density at radius 2 is 1.77 bits per heavy atom. The van der Waals surface area contributed by atoms with Crippen molar-refractivity contribution in [2.45, 2.75) is 58.4 Å². The summed E-state index contributed by atoms with van der Waals surface area (Å²) in [5.74, 6) is -4.15. The van der Waals surface area contributed by atoms with Crippen LogP contribution in [0.25, 0.3) is 11.1 Å². The predicted molar refractivity (Wildman–Crippen MR) is 127 cm³/mol. The molecule has 2 aromatic heterocycles. The Morgan fingerprint density at radius 1 is 1.09 bits per heavy atom. The number of hydrogen-bond acceptors (Lipinski definition) is 5. The number of rotatable bonds is 6. The number of aryl methyl sites for hydroxylation is 3. The molecular weight excluding hydrogens is 454 g/mol. The van der Waals surface area contributed by atoms with Gasteiger partial charge in [0.25, 0.3) is 5.91 Å². The Kier molecular flexibility index (Phi) is 6.95. The third-order valence-electron chi connectivity index (χ3n) is 6.48. The van der Waals surface area contributed by atoms with Crippen molar-refractivity contribution in [2.24, 2.45) is 5.92 Å². The number of nitrogens with one attached hydrogen (secondary N) is 2. The molecule has 7 nitrogen and oxygen atoms in total. The van der Waals surface area contributed by atoms with E-state index in [1.165, 1.54) is 6.26 Å². The lowest BCUT2D eigenvalue weighted by atomic mass is 9.81. The molecule has 3 aromatic rings. The highest BCUT2D eigenvalue weighted by Crippen LogP contribution is 2.38. The van der Waals surface area contributed by atoms with E-state index in [0.29, 0.717) is 11.4 Å². The fourth-order valence-electron chi connectivity index (χ4n) is 4.41. The van der Waals surface area contributed by atoms with Gasteiger partial charge in [-0.15, -0.1) is 0 Å². The van der Waals surface area contributed by atoms with Crippen LogP contribution in [-0.4, -0.2) is 33.9 Å². The lowest BCUT2D eigenvalue weighted by Crippen LogP contribution is -2.50. The Balaban J connectivity index is 1.52. The quantitative estimate of drug-likeness (QED) is 0.502. The van der Waals surface area contributed by atoms with Crippen molar-refractivity contribution in [2.75, 3.05) is 5.32 Å². The van der Waals surface area contributed by atoms with Gasteiger partial charge in [-0.2, -0.15) is 0 Å². The van der Waals surface area contributed by atoms with Gasteiger partial charge in [0.15, 0.2) is 0 Å². The average molecular weight is 483 g/mol. The van der Waals surface area contributed by atoms with E-state index in [0.717, 1.165) is 22.4 Å². The summed E-state index contributed by atoms with van der Waals surface area (Å²) < 4.78 is 32.3. The summed E-state index contributed by atoms with van der Waals surface area (Å²) in [6.07, 6.45) is 2.64. The largest absolute Gasteiger partial charge is 0.364 e. The van der Waals surface area contributed by atoms with Crippen LogP contribution in [-0.2, 0) is 4.79 Å². The molecule has 4 rings (SSSR count). The van der Waals surface area contributed by atoms with Crippen molar-refractivity contribution in [3.63, 3.8) is 0 Å². The van der Waals surface area contributed by atoms with Crippen LogP contribution in [0.4, 0.5) is 14.5 Å². The SMILES string of the molecule is Cc1cnc(C)c(-c2ccc(NC(=O)C(NC(=O)c3conc3C)C3CCC(F)(F)CC3)cc2)c1. The summed E-state index contributed by atoms with van der Waals surface area (Å²) in [7, 11) is 0.